The first-order chi connectivity index (χ1) is 15.1. The van der Waals surface area contributed by atoms with Crippen molar-refractivity contribution >= 4 is 5.91 Å². The second-order valence-electron chi connectivity index (χ2n) is 6.90. The van der Waals surface area contributed by atoms with Gasteiger partial charge in [-0.25, -0.2) is 0 Å². The molecule has 2 rings (SSSR count). The number of amides is 1. The van der Waals surface area contributed by atoms with Crippen LogP contribution in [-0.4, -0.2) is 38.9 Å². The lowest BCUT2D eigenvalue weighted by molar-refractivity contribution is -0.131. The maximum Gasteiger partial charge on any atom is 0.249 e. The molecule has 5 nitrogen and oxygen atoms in total. The van der Waals surface area contributed by atoms with E-state index in [1.807, 2.05) is 30.3 Å². The van der Waals surface area contributed by atoms with Crippen molar-refractivity contribution in [3.8, 4) is 36.2 Å². The summed E-state index contributed by atoms with van der Waals surface area (Å²) in [6, 6.07) is 13.8. The maximum atomic E-state index is 12.7. The van der Waals surface area contributed by atoms with Crippen molar-refractivity contribution in [2.24, 2.45) is 0 Å². The Balaban J connectivity index is 1.94. The Bertz CT molecular complexity index is 922. The summed E-state index contributed by atoms with van der Waals surface area (Å²) < 4.78 is 16.4. The van der Waals surface area contributed by atoms with Gasteiger partial charge in [0.15, 0.2) is 11.5 Å². The molecule has 1 N–H and O–H groups in total. The first-order valence-corrected chi connectivity index (χ1v) is 10.2. The summed E-state index contributed by atoms with van der Waals surface area (Å²) in [6.07, 6.45) is 12.0. The lowest BCUT2D eigenvalue weighted by Crippen LogP contribution is -2.39. The Labute approximate surface area is 185 Å². The van der Waals surface area contributed by atoms with Crippen LogP contribution in [0.5, 0.6) is 11.5 Å². The molecule has 1 amide bonds. The van der Waals surface area contributed by atoms with Crippen molar-refractivity contribution in [1.29, 1.82) is 0 Å². The summed E-state index contributed by atoms with van der Waals surface area (Å²) in [6.45, 7) is 2.82. The fourth-order valence-electron chi connectivity index (χ4n) is 3.05. The molecule has 2 aromatic carbocycles. The van der Waals surface area contributed by atoms with E-state index in [1.165, 1.54) is 5.56 Å². The van der Waals surface area contributed by atoms with Gasteiger partial charge >= 0.3 is 0 Å². The van der Waals surface area contributed by atoms with Crippen LogP contribution < -0.4 is 14.8 Å². The van der Waals surface area contributed by atoms with Crippen molar-refractivity contribution in [3.05, 3.63) is 59.2 Å². The van der Waals surface area contributed by atoms with Crippen LogP contribution in [0.4, 0.5) is 0 Å². The second kappa shape index (κ2) is 13.0. The minimum Gasteiger partial charge on any atom is -0.493 e. The van der Waals surface area contributed by atoms with Crippen LogP contribution in [0.3, 0.4) is 0 Å². The summed E-state index contributed by atoms with van der Waals surface area (Å²) in [5.41, 5.74) is 3.28. The van der Waals surface area contributed by atoms with Crippen molar-refractivity contribution in [2.75, 3.05) is 26.9 Å². The molecule has 2 aromatic rings. The van der Waals surface area contributed by atoms with Crippen LogP contribution in [-0.2, 0) is 28.8 Å². The third kappa shape index (κ3) is 7.74. The molecular weight excluding hydrogens is 390 g/mol. The summed E-state index contributed by atoms with van der Waals surface area (Å²) in [5.74, 6) is 5.86. The Kier molecular flexibility index (Phi) is 10.0. The van der Waals surface area contributed by atoms with Gasteiger partial charge in [-0.1, -0.05) is 49.1 Å². The highest BCUT2D eigenvalue weighted by molar-refractivity contribution is 5.81. The molecule has 0 radical (unpaired) electrons. The number of ether oxygens (including phenoxy) is 3. The minimum absolute atomic E-state index is 0.0848. The molecule has 0 aliphatic rings. The molecule has 0 saturated heterocycles. The van der Waals surface area contributed by atoms with Gasteiger partial charge in [0.25, 0.3) is 0 Å². The van der Waals surface area contributed by atoms with E-state index in [0.29, 0.717) is 30.9 Å². The third-order valence-electron chi connectivity index (χ3n) is 4.76. The largest absolute Gasteiger partial charge is 0.493 e. The van der Waals surface area contributed by atoms with Gasteiger partial charge in [-0.15, -0.1) is 12.8 Å². The molecule has 0 unspecified atom stereocenters. The molecule has 0 aliphatic carbocycles. The molecule has 0 bridgehead atoms. The summed E-state index contributed by atoms with van der Waals surface area (Å²) in [4.78, 5) is 12.7. The average Bonchev–Trinajstić information content (AvgIpc) is 2.81. The van der Waals surface area contributed by atoms with E-state index in [0.717, 1.165) is 17.5 Å². The predicted octanol–water partition coefficient (Wildman–Crippen LogP) is 3.19. The lowest BCUT2D eigenvalue weighted by atomic mass is 10.0. The van der Waals surface area contributed by atoms with Gasteiger partial charge in [0.2, 0.25) is 5.91 Å². The topological polar surface area (TPSA) is 56.8 Å². The predicted molar refractivity (Wildman–Crippen MR) is 122 cm³/mol. The zero-order valence-electron chi connectivity index (χ0n) is 18.1. The molecular formula is C26H29NO4. The zero-order valence-corrected chi connectivity index (χ0v) is 18.1. The molecule has 162 valence electrons. The lowest BCUT2D eigenvalue weighted by Gasteiger charge is -2.17. The number of carbonyl (C=O) groups excluding carboxylic acids is 1. The number of hydrogen-bond acceptors (Lipinski definition) is 4. The third-order valence-corrected chi connectivity index (χ3v) is 4.76. The van der Waals surface area contributed by atoms with Crippen molar-refractivity contribution < 1.29 is 19.0 Å². The SMILES string of the molecule is C#CCOc1ccc(CCNC(=O)[C@H](Cc2ccc(CC)cc2)OCC#C)cc1OC. The standard InChI is InChI=1S/C26H29NO4/c1-5-16-30-23-13-12-22(18-24(23)29-4)14-15-27-26(28)25(31-17-6-2)19-21-10-8-20(7-3)9-11-21/h1-2,8-13,18,25H,7,14-17,19H2,3-4H3,(H,27,28)/t25-/m0/s1. The van der Waals surface area contributed by atoms with E-state index in [9.17, 15) is 4.79 Å². The van der Waals surface area contributed by atoms with Gasteiger partial charge < -0.3 is 19.5 Å². The summed E-state index contributed by atoms with van der Waals surface area (Å²) >= 11 is 0. The average molecular weight is 420 g/mol. The highest BCUT2D eigenvalue weighted by atomic mass is 16.5. The summed E-state index contributed by atoms with van der Waals surface area (Å²) in [5, 5.41) is 2.94. The maximum absolute atomic E-state index is 12.7. The fraction of sp³-hybridized carbons (Fsp3) is 0.346. The molecule has 1 atom stereocenters. The van der Waals surface area contributed by atoms with Gasteiger partial charge in [-0.3, -0.25) is 4.79 Å². The molecule has 0 saturated carbocycles. The number of carbonyl (C=O) groups is 1. The van der Waals surface area contributed by atoms with Crippen molar-refractivity contribution in [2.45, 2.75) is 32.3 Å². The van der Waals surface area contributed by atoms with Crippen LogP contribution in [0.15, 0.2) is 42.5 Å². The van der Waals surface area contributed by atoms with Gasteiger partial charge in [-0.2, -0.15) is 0 Å². The quantitative estimate of drug-likeness (QED) is 0.537. The highest BCUT2D eigenvalue weighted by Crippen LogP contribution is 2.28. The number of benzene rings is 2. The monoisotopic (exact) mass is 419 g/mol. The van der Waals surface area contributed by atoms with E-state index in [2.05, 4.69) is 36.2 Å². The fourth-order valence-corrected chi connectivity index (χ4v) is 3.05. The molecule has 0 heterocycles. The molecule has 0 fully saturated rings. The minimum atomic E-state index is -0.641. The van der Waals surface area contributed by atoms with Crippen molar-refractivity contribution in [3.63, 3.8) is 0 Å². The van der Waals surface area contributed by atoms with Crippen LogP contribution >= 0.6 is 0 Å². The van der Waals surface area contributed by atoms with E-state index in [4.69, 9.17) is 27.1 Å². The zero-order chi connectivity index (χ0) is 22.5. The number of methoxy groups -OCH3 is 1. The Morgan fingerprint density at radius 2 is 1.68 bits per heavy atom. The van der Waals surface area contributed by atoms with Gasteiger partial charge in [0, 0.05) is 13.0 Å². The van der Waals surface area contributed by atoms with Crippen LogP contribution in [0.25, 0.3) is 0 Å². The van der Waals surface area contributed by atoms with Crippen LogP contribution in [0.2, 0.25) is 0 Å². The number of hydrogen-bond donors (Lipinski definition) is 1. The van der Waals surface area contributed by atoms with Gasteiger partial charge in [0.1, 0.15) is 19.3 Å². The normalized spacial score (nSPS) is 11.1. The first-order valence-electron chi connectivity index (χ1n) is 10.2. The number of nitrogens with one attached hydrogen (secondary N) is 1. The van der Waals surface area contributed by atoms with Crippen molar-refractivity contribution in [1.82, 2.24) is 5.32 Å². The van der Waals surface area contributed by atoms with Crippen LogP contribution in [0, 0.1) is 24.7 Å². The molecule has 0 aromatic heterocycles. The second-order valence-corrected chi connectivity index (χ2v) is 6.90. The summed E-state index contributed by atoms with van der Waals surface area (Å²) in [7, 11) is 1.57. The number of aryl methyl sites for hydroxylation is 1. The number of terminal acetylenes is 2. The Hall–Kier alpha value is -3.41. The molecule has 0 aliphatic heterocycles. The van der Waals surface area contributed by atoms with E-state index in [1.54, 1.807) is 7.11 Å². The smallest absolute Gasteiger partial charge is 0.249 e. The van der Waals surface area contributed by atoms with Crippen LogP contribution in [0.1, 0.15) is 23.6 Å². The Morgan fingerprint density at radius 1 is 1.00 bits per heavy atom. The Morgan fingerprint density at radius 3 is 2.32 bits per heavy atom. The van der Waals surface area contributed by atoms with E-state index >= 15 is 0 Å². The van der Waals surface area contributed by atoms with Gasteiger partial charge in [-0.05, 0) is 41.7 Å². The number of rotatable bonds is 12. The first kappa shape index (κ1) is 23.9. The highest BCUT2D eigenvalue weighted by Gasteiger charge is 2.19. The van der Waals surface area contributed by atoms with E-state index in [-0.39, 0.29) is 19.1 Å². The molecule has 5 heteroatoms. The van der Waals surface area contributed by atoms with E-state index < -0.39 is 6.10 Å². The van der Waals surface area contributed by atoms with Gasteiger partial charge in [0.05, 0.1) is 7.11 Å². The molecule has 31 heavy (non-hydrogen) atoms. The molecule has 0 spiro atoms.